The fraction of sp³-hybridized carbons (Fsp3) is 0.818. The van der Waals surface area contributed by atoms with Gasteiger partial charge in [-0.1, -0.05) is 0 Å². The molecule has 2 fully saturated rings. The van der Waals surface area contributed by atoms with E-state index in [9.17, 15) is 0 Å². The van der Waals surface area contributed by atoms with Gasteiger partial charge in [-0.15, -0.1) is 0 Å². The van der Waals surface area contributed by atoms with E-state index in [1.165, 1.54) is 32.4 Å². The van der Waals surface area contributed by atoms with Crippen molar-refractivity contribution in [1.29, 1.82) is 0 Å². The summed E-state index contributed by atoms with van der Waals surface area (Å²) in [4.78, 5) is 6.52. The van der Waals surface area contributed by atoms with Crippen LogP contribution in [-0.2, 0) is 6.54 Å². The molecule has 2 aliphatic heterocycles. The molecule has 3 heterocycles. The van der Waals surface area contributed by atoms with Gasteiger partial charge in [0, 0.05) is 25.2 Å². The summed E-state index contributed by atoms with van der Waals surface area (Å²) in [5.41, 5.74) is 0. The number of nitrogens with zero attached hydrogens (tertiary/aromatic N) is 4. The van der Waals surface area contributed by atoms with Crippen molar-refractivity contribution in [2.45, 2.75) is 37.9 Å². The van der Waals surface area contributed by atoms with E-state index in [4.69, 9.17) is 0 Å². The molecule has 0 spiro atoms. The molecule has 0 aliphatic carbocycles. The summed E-state index contributed by atoms with van der Waals surface area (Å²) >= 11 is 0. The van der Waals surface area contributed by atoms with E-state index >= 15 is 0 Å². The lowest BCUT2D eigenvalue weighted by Crippen LogP contribution is -2.36. The van der Waals surface area contributed by atoms with Gasteiger partial charge in [0.2, 0.25) is 0 Å². The Morgan fingerprint density at radius 2 is 2.12 bits per heavy atom. The zero-order valence-corrected chi connectivity index (χ0v) is 9.55. The third-order valence-corrected chi connectivity index (χ3v) is 3.72. The Morgan fingerprint density at radius 3 is 3.00 bits per heavy atom. The van der Waals surface area contributed by atoms with E-state index in [0.29, 0.717) is 0 Å². The molecule has 2 aliphatic rings. The fourth-order valence-corrected chi connectivity index (χ4v) is 2.81. The molecule has 2 saturated heterocycles. The molecule has 88 valence electrons. The highest BCUT2D eigenvalue weighted by Crippen LogP contribution is 2.20. The van der Waals surface area contributed by atoms with Gasteiger partial charge >= 0.3 is 0 Å². The number of fused-ring (bicyclic) bond motifs is 2. The van der Waals surface area contributed by atoms with Crippen molar-refractivity contribution in [1.82, 2.24) is 25.0 Å². The standard InChI is InChI=1S/C11H19N5/c1-2-11-7-15(4-3-10(1)14-11)5-6-16-9-12-8-13-16/h8-11,14H,1-7H2. The Labute approximate surface area is 95.8 Å². The van der Waals surface area contributed by atoms with Crippen molar-refractivity contribution in [3.8, 4) is 0 Å². The monoisotopic (exact) mass is 221 g/mol. The third-order valence-electron chi connectivity index (χ3n) is 3.72. The number of nitrogens with one attached hydrogen (secondary N) is 1. The van der Waals surface area contributed by atoms with Crippen LogP contribution in [0.5, 0.6) is 0 Å². The van der Waals surface area contributed by atoms with E-state index in [1.54, 1.807) is 12.7 Å². The first kappa shape index (κ1) is 10.2. The summed E-state index contributed by atoms with van der Waals surface area (Å²) in [5, 5.41) is 7.83. The molecule has 1 aromatic heterocycles. The lowest BCUT2D eigenvalue weighted by Gasteiger charge is -2.23. The summed E-state index contributed by atoms with van der Waals surface area (Å²) in [5.74, 6) is 0. The maximum absolute atomic E-state index is 4.14. The summed E-state index contributed by atoms with van der Waals surface area (Å²) in [7, 11) is 0. The Hall–Kier alpha value is -0.940. The molecule has 16 heavy (non-hydrogen) atoms. The van der Waals surface area contributed by atoms with Crippen LogP contribution in [0.3, 0.4) is 0 Å². The van der Waals surface area contributed by atoms with Gasteiger partial charge in [0.15, 0.2) is 0 Å². The van der Waals surface area contributed by atoms with E-state index in [-0.39, 0.29) is 0 Å². The van der Waals surface area contributed by atoms with E-state index in [0.717, 1.165) is 25.2 Å². The second-order valence-corrected chi connectivity index (χ2v) is 4.89. The molecule has 2 atom stereocenters. The second kappa shape index (κ2) is 4.51. The quantitative estimate of drug-likeness (QED) is 0.786. The first-order chi connectivity index (χ1) is 7.90. The topological polar surface area (TPSA) is 46.0 Å². The van der Waals surface area contributed by atoms with Crippen molar-refractivity contribution in [2.75, 3.05) is 19.6 Å². The average molecular weight is 221 g/mol. The fourth-order valence-electron chi connectivity index (χ4n) is 2.81. The molecule has 5 nitrogen and oxygen atoms in total. The number of hydrogen-bond donors (Lipinski definition) is 1. The second-order valence-electron chi connectivity index (χ2n) is 4.89. The summed E-state index contributed by atoms with van der Waals surface area (Å²) < 4.78 is 1.91. The van der Waals surface area contributed by atoms with Gasteiger partial charge in [-0.3, -0.25) is 9.58 Å². The maximum atomic E-state index is 4.14. The zero-order valence-electron chi connectivity index (χ0n) is 9.55. The molecule has 3 rings (SSSR count). The molecule has 0 aromatic carbocycles. The van der Waals surface area contributed by atoms with Crippen molar-refractivity contribution in [3.63, 3.8) is 0 Å². The van der Waals surface area contributed by atoms with Gasteiger partial charge in [-0.25, -0.2) is 4.98 Å². The van der Waals surface area contributed by atoms with Crippen molar-refractivity contribution < 1.29 is 0 Å². The van der Waals surface area contributed by atoms with Crippen LogP contribution in [0, 0.1) is 0 Å². The van der Waals surface area contributed by atoms with Crippen LogP contribution in [-0.4, -0.2) is 51.4 Å². The molecule has 2 bridgehead atoms. The van der Waals surface area contributed by atoms with Gasteiger partial charge in [-0.05, 0) is 25.8 Å². The van der Waals surface area contributed by atoms with Crippen LogP contribution in [0.1, 0.15) is 19.3 Å². The van der Waals surface area contributed by atoms with Crippen LogP contribution in [0.15, 0.2) is 12.7 Å². The normalized spacial score (nSPS) is 30.5. The van der Waals surface area contributed by atoms with Crippen molar-refractivity contribution >= 4 is 0 Å². The van der Waals surface area contributed by atoms with Crippen LogP contribution in [0.25, 0.3) is 0 Å². The number of rotatable bonds is 3. The van der Waals surface area contributed by atoms with Crippen LogP contribution in [0.2, 0.25) is 0 Å². The molecule has 0 amide bonds. The van der Waals surface area contributed by atoms with Crippen LogP contribution < -0.4 is 5.32 Å². The van der Waals surface area contributed by atoms with E-state index < -0.39 is 0 Å². The first-order valence-corrected chi connectivity index (χ1v) is 6.21. The molecular formula is C11H19N5. The highest BCUT2D eigenvalue weighted by molar-refractivity contribution is 4.89. The number of aromatic nitrogens is 3. The maximum Gasteiger partial charge on any atom is 0.137 e. The molecule has 0 radical (unpaired) electrons. The van der Waals surface area contributed by atoms with Crippen molar-refractivity contribution in [3.05, 3.63) is 12.7 Å². The predicted molar refractivity (Wildman–Crippen MR) is 61.0 cm³/mol. The Balaban J connectivity index is 1.51. The summed E-state index contributed by atoms with van der Waals surface area (Å²) in [6.45, 7) is 4.47. The molecule has 2 unspecified atom stereocenters. The number of likely N-dealkylation sites (tertiary alicyclic amines) is 1. The minimum absolute atomic E-state index is 0.725. The lowest BCUT2D eigenvalue weighted by atomic mass is 10.1. The SMILES string of the molecule is c1ncn(CCN2CCC3CCC(C2)N3)n1. The van der Waals surface area contributed by atoms with Gasteiger partial charge < -0.3 is 5.32 Å². The van der Waals surface area contributed by atoms with Gasteiger partial charge in [0.25, 0.3) is 0 Å². The third kappa shape index (κ3) is 2.25. The van der Waals surface area contributed by atoms with Gasteiger partial charge in [0.1, 0.15) is 12.7 Å². The highest BCUT2D eigenvalue weighted by Gasteiger charge is 2.28. The summed E-state index contributed by atoms with van der Waals surface area (Å²) in [6, 6.07) is 1.50. The lowest BCUT2D eigenvalue weighted by molar-refractivity contribution is 0.245. The van der Waals surface area contributed by atoms with Crippen molar-refractivity contribution in [2.24, 2.45) is 0 Å². The average Bonchev–Trinajstić information content (AvgIpc) is 2.87. The van der Waals surface area contributed by atoms with Crippen LogP contribution >= 0.6 is 0 Å². The summed E-state index contributed by atoms with van der Waals surface area (Å²) in [6.07, 6.45) is 7.42. The smallest absolute Gasteiger partial charge is 0.137 e. The van der Waals surface area contributed by atoms with Gasteiger partial charge in [0.05, 0.1) is 6.54 Å². The Morgan fingerprint density at radius 1 is 1.19 bits per heavy atom. The minimum Gasteiger partial charge on any atom is -0.310 e. The molecule has 1 aromatic rings. The van der Waals surface area contributed by atoms with Gasteiger partial charge in [-0.2, -0.15) is 5.10 Å². The van der Waals surface area contributed by atoms with E-state index in [1.807, 2.05) is 4.68 Å². The Kier molecular flexibility index (Phi) is 2.88. The molecule has 1 N–H and O–H groups in total. The largest absolute Gasteiger partial charge is 0.310 e. The molecule has 0 saturated carbocycles. The Bertz CT molecular complexity index is 323. The molecular weight excluding hydrogens is 202 g/mol. The first-order valence-electron chi connectivity index (χ1n) is 6.21. The number of hydrogen-bond acceptors (Lipinski definition) is 4. The zero-order chi connectivity index (χ0) is 10.8. The van der Waals surface area contributed by atoms with E-state index in [2.05, 4.69) is 20.3 Å². The van der Waals surface area contributed by atoms with Crippen LogP contribution in [0.4, 0.5) is 0 Å². The minimum atomic E-state index is 0.725. The molecule has 5 heteroatoms. The predicted octanol–water partition coefficient (Wildman–Crippen LogP) is 0.104. The highest BCUT2D eigenvalue weighted by atomic mass is 15.3.